The summed E-state index contributed by atoms with van der Waals surface area (Å²) in [6.07, 6.45) is 2.89. The number of likely N-dealkylation sites (tertiary alicyclic amines) is 1. The second kappa shape index (κ2) is 6.77. The number of nitrogens with one attached hydrogen (secondary N) is 1. The third-order valence-corrected chi connectivity index (χ3v) is 2.67. The predicted octanol–water partition coefficient (Wildman–Crippen LogP) is -0.0536. The van der Waals surface area contributed by atoms with Crippen molar-refractivity contribution in [1.29, 1.82) is 5.26 Å². The molecule has 0 bridgehead atoms. The Morgan fingerprint density at radius 2 is 2.14 bits per heavy atom. The molecule has 0 radical (unpaired) electrons. The maximum absolute atomic E-state index is 8.66. The van der Waals surface area contributed by atoms with Gasteiger partial charge in [-0.15, -0.1) is 0 Å². The normalized spacial score (nSPS) is 19.4. The molecule has 80 valence electrons. The lowest BCUT2D eigenvalue weighted by molar-refractivity contribution is 0.194. The molecule has 0 aromatic carbocycles. The van der Waals surface area contributed by atoms with Gasteiger partial charge < -0.3 is 15.3 Å². The number of hydrogen-bond donors (Lipinski definition) is 2. The Labute approximate surface area is 85.5 Å². The first-order valence-corrected chi connectivity index (χ1v) is 5.30. The van der Waals surface area contributed by atoms with Crippen molar-refractivity contribution in [2.75, 3.05) is 32.8 Å². The molecular weight excluding hydrogens is 178 g/mol. The van der Waals surface area contributed by atoms with Crippen LogP contribution in [-0.4, -0.2) is 48.8 Å². The number of nitrogens with zero attached hydrogens (tertiary/aromatic N) is 2. The highest BCUT2D eigenvalue weighted by Gasteiger charge is 2.17. The second-order valence-electron chi connectivity index (χ2n) is 3.70. The van der Waals surface area contributed by atoms with Crippen LogP contribution in [0.15, 0.2) is 0 Å². The van der Waals surface area contributed by atoms with Crippen LogP contribution in [0.3, 0.4) is 0 Å². The summed E-state index contributed by atoms with van der Waals surface area (Å²) in [5, 5.41) is 20.4. The quantitative estimate of drug-likeness (QED) is 0.648. The number of rotatable bonds is 5. The van der Waals surface area contributed by atoms with Crippen LogP contribution in [-0.2, 0) is 0 Å². The van der Waals surface area contributed by atoms with Crippen molar-refractivity contribution in [3.05, 3.63) is 0 Å². The summed E-state index contributed by atoms with van der Waals surface area (Å²) in [6, 6.07) is 2.73. The summed E-state index contributed by atoms with van der Waals surface area (Å²) in [5.74, 6) is 0. The van der Waals surface area contributed by atoms with Gasteiger partial charge in [-0.05, 0) is 25.9 Å². The molecule has 1 saturated heterocycles. The summed E-state index contributed by atoms with van der Waals surface area (Å²) in [6.45, 7) is 3.97. The number of aliphatic hydroxyl groups excluding tert-OH is 1. The molecule has 4 heteroatoms. The van der Waals surface area contributed by atoms with Gasteiger partial charge in [-0.25, -0.2) is 0 Å². The summed E-state index contributed by atoms with van der Waals surface area (Å²) >= 11 is 0. The van der Waals surface area contributed by atoms with Gasteiger partial charge in [0.05, 0.1) is 12.7 Å². The average Bonchev–Trinajstić information content (AvgIpc) is 2.25. The van der Waals surface area contributed by atoms with Gasteiger partial charge in [0.1, 0.15) is 0 Å². The molecule has 1 heterocycles. The summed E-state index contributed by atoms with van der Waals surface area (Å²) in [5.41, 5.74) is 0. The molecule has 0 atom stereocenters. The monoisotopic (exact) mass is 197 g/mol. The van der Waals surface area contributed by atoms with Crippen molar-refractivity contribution < 1.29 is 5.11 Å². The first-order valence-electron chi connectivity index (χ1n) is 5.30. The second-order valence-corrected chi connectivity index (χ2v) is 3.70. The molecule has 1 aliphatic rings. The SMILES string of the molecule is N#CCCN1CCC(NCCO)CC1. The molecular formula is C10H19N3O. The average molecular weight is 197 g/mol. The van der Waals surface area contributed by atoms with E-state index >= 15 is 0 Å². The molecule has 2 N–H and O–H groups in total. The van der Waals surface area contributed by atoms with Crippen molar-refractivity contribution in [2.24, 2.45) is 0 Å². The standard InChI is InChI=1S/C10H19N3O/c11-4-1-6-13-7-2-10(3-8-13)12-5-9-14/h10,12,14H,1-3,5-9H2. The van der Waals surface area contributed by atoms with Gasteiger partial charge in [-0.3, -0.25) is 0 Å². The molecule has 0 amide bonds. The van der Waals surface area contributed by atoms with Crippen molar-refractivity contribution in [3.63, 3.8) is 0 Å². The van der Waals surface area contributed by atoms with E-state index in [4.69, 9.17) is 10.4 Å². The highest BCUT2D eigenvalue weighted by Crippen LogP contribution is 2.09. The molecule has 1 aliphatic heterocycles. The number of piperidine rings is 1. The fraction of sp³-hybridized carbons (Fsp3) is 0.900. The summed E-state index contributed by atoms with van der Waals surface area (Å²) in [4.78, 5) is 2.33. The third-order valence-electron chi connectivity index (χ3n) is 2.67. The number of aliphatic hydroxyl groups is 1. The van der Waals surface area contributed by atoms with Gasteiger partial charge in [0, 0.05) is 25.6 Å². The van der Waals surface area contributed by atoms with Crippen LogP contribution in [0.2, 0.25) is 0 Å². The van der Waals surface area contributed by atoms with E-state index in [1.807, 2.05) is 0 Å². The van der Waals surface area contributed by atoms with E-state index in [0.29, 0.717) is 19.0 Å². The lowest BCUT2D eigenvalue weighted by Crippen LogP contribution is -2.43. The van der Waals surface area contributed by atoms with Crippen molar-refractivity contribution >= 4 is 0 Å². The zero-order chi connectivity index (χ0) is 10.2. The highest BCUT2D eigenvalue weighted by molar-refractivity contribution is 4.79. The van der Waals surface area contributed by atoms with Crippen molar-refractivity contribution in [3.8, 4) is 6.07 Å². The minimum atomic E-state index is 0.217. The highest BCUT2D eigenvalue weighted by atomic mass is 16.3. The molecule has 0 aliphatic carbocycles. The molecule has 1 fully saturated rings. The summed E-state index contributed by atoms with van der Waals surface area (Å²) in [7, 11) is 0. The lowest BCUT2D eigenvalue weighted by Gasteiger charge is -2.31. The van der Waals surface area contributed by atoms with Crippen LogP contribution >= 0.6 is 0 Å². The van der Waals surface area contributed by atoms with Gasteiger partial charge in [0.25, 0.3) is 0 Å². The molecule has 0 saturated carbocycles. The number of nitriles is 1. The molecule has 4 nitrogen and oxygen atoms in total. The Hall–Kier alpha value is -0.630. The lowest BCUT2D eigenvalue weighted by atomic mass is 10.1. The molecule has 0 aromatic heterocycles. The molecule has 0 aromatic rings. The van der Waals surface area contributed by atoms with Gasteiger partial charge in [0.15, 0.2) is 0 Å². The largest absolute Gasteiger partial charge is 0.395 e. The van der Waals surface area contributed by atoms with Gasteiger partial charge in [-0.2, -0.15) is 5.26 Å². The van der Waals surface area contributed by atoms with Crippen LogP contribution in [0.5, 0.6) is 0 Å². The van der Waals surface area contributed by atoms with Crippen LogP contribution < -0.4 is 5.32 Å². The van der Waals surface area contributed by atoms with Crippen LogP contribution in [0.4, 0.5) is 0 Å². The van der Waals surface area contributed by atoms with Crippen LogP contribution in [0.1, 0.15) is 19.3 Å². The van der Waals surface area contributed by atoms with E-state index in [2.05, 4.69) is 16.3 Å². The molecule has 0 unspecified atom stereocenters. The maximum atomic E-state index is 8.66. The van der Waals surface area contributed by atoms with Gasteiger partial charge in [-0.1, -0.05) is 0 Å². The van der Waals surface area contributed by atoms with Crippen molar-refractivity contribution in [2.45, 2.75) is 25.3 Å². The zero-order valence-corrected chi connectivity index (χ0v) is 8.58. The van der Waals surface area contributed by atoms with E-state index in [0.717, 1.165) is 32.5 Å². The topological polar surface area (TPSA) is 59.3 Å². The zero-order valence-electron chi connectivity index (χ0n) is 8.58. The maximum Gasteiger partial charge on any atom is 0.0635 e. The first-order chi connectivity index (χ1) is 6.86. The Balaban J connectivity index is 2.09. The Kier molecular flexibility index (Phi) is 5.53. The molecule has 1 rings (SSSR count). The fourth-order valence-electron chi connectivity index (χ4n) is 1.84. The van der Waals surface area contributed by atoms with E-state index in [-0.39, 0.29) is 6.61 Å². The summed E-state index contributed by atoms with van der Waals surface area (Å²) < 4.78 is 0. The Morgan fingerprint density at radius 1 is 1.43 bits per heavy atom. The van der Waals surface area contributed by atoms with Gasteiger partial charge >= 0.3 is 0 Å². The van der Waals surface area contributed by atoms with Crippen LogP contribution in [0, 0.1) is 11.3 Å². The van der Waals surface area contributed by atoms with E-state index in [9.17, 15) is 0 Å². The minimum absolute atomic E-state index is 0.217. The Morgan fingerprint density at radius 3 is 2.71 bits per heavy atom. The predicted molar refractivity (Wildman–Crippen MR) is 54.8 cm³/mol. The fourth-order valence-corrected chi connectivity index (χ4v) is 1.84. The smallest absolute Gasteiger partial charge is 0.0635 e. The van der Waals surface area contributed by atoms with E-state index < -0.39 is 0 Å². The third kappa shape index (κ3) is 4.05. The minimum Gasteiger partial charge on any atom is -0.395 e. The number of hydrogen-bond acceptors (Lipinski definition) is 4. The first kappa shape index (κ1) is 11.4. The van der Waals surface area contributed by atoms with Gasteiger partial charge in [0.2, 0.25) is 0 Å². The molecule has 0 spiro atoms. The van der Waals surface area contributed by atoms with Crippen LogP contribution in [0.25, 0.3) is 0 Å². The van der Waals surface area contributed by atoms with E-state index in [1.165, 1.54) is 0 Å². The Bertz CT molecular complexity index is 182. The molecule has 14 heavy (non-hydrogen) atoms. The van der Waals surface area contributed by atoms with E-state index in [1.54, 1.807) is 0 Å². The van der Waals surface area contributed by atoms with Crippen molar-refractivity contribution in [1.82, 2.24) is 10.2 Å².